The third-order valence-corrected chi connectivity index (χ3v) is 4.29. The molecule has 2 N–H and O–H groups in total. The molecule has 1 heterocycles. The van der Waals surface area contributed by atoms with Crippen molar-refractivity contribution in [3.05, 3.63) is 71.4 Å². The fraction of sp³-hybridized carbons (Fsp3) is 0.143. The number of amides is 1. The molecule has 0 unspecified atom stereocenters. The molecule has 0 atom stereocenters. The topological polar surface area (TPSA) is 72.5 Å². The summed E-state index contributed by atoms with van der Waals surface area (Å²) in [5.41, 5.74) is 2.48. The molecule has 0 bridgehead atoms. The van der Waals surface area contributed by atoms with Gasteiger partial charge in [0.05, 0.1) is 37.5 Å². The van der Waals surface area contributed by atoms with Gasteiger partial charge < -0.3 is 20.1 Å². The second-order valence-electron chi connectivity index (χ2n) is 5.98. The van der Waals surface area contributed by atoms with Crippen LogP contribution in [0.3, 0.4) is 0 Å². The number of anilines is 3. The van der Waals surface area contributed by atoms with Crippen LogP contribution >= 0.6 is 11.6 Å². The highest BCUT2D eigenvalue weighted by Crippen LogP contribution is 2.28. The number of ether oxygens (including phenoxy) is 2. The smallest absolute Gasteiger partial charge is 0.229 e. The lowest BCUT2D eigenvalue weighted by Gasteiger charge is -2.10. The molecular formula is C21H20ClN3O3. The molecule has 6 nitrogen and oxygen atoms in total. The van der Waals surface area contributed by atoms with Crippen molar-refractivity contribution in [1.29, 1.82) is 0 Å². The molecule has 0 radical (unpaired) electrons. The second kappa shape index (κ2) is 9.10. The maximum absolute atomic E-state index is 12.2. The van der Waals surface area contributed by atoms with Crippen LogP contribution in [0.5, 0.6) is 11.5 Å². The minimum absolute atomic E-state index is 0.139. The molecule has 1 aromatic heterocycles. The Morgan fingerprint density at radius 2 is 1.75 bits per heavy atom. The van der Waals surface area contributed by atoms with E-state index in [1.54, 1.807) is 38.6 Å². The first-order chi connectivity index (χ1) is 13.6. The number of nitrogens with one attached hydrogen (secondary N) is 2. The highest BCUT2D eigenvalue weighted by Gasteiger charge is 2.06. The van der Waals surface area contributed by atoms with E-state index in [4.69, 9.17) is 21.1 Å². The van der Waals surface area contributed by atoms with Crippen LogP contribution in [0, 0.1) is 0 Å². The highest BCUT2D eigenvalue weighted by atomic mass is 35.5. The van der Waals surface area contributed by atoms with Gasteiger partial charge in [-0.15, -0.1) is 0 Å². The van der Waals surface area contributed by atoms with E-state index in [1.165, 1.54) is 0 Å². The lowest BCUT2D eigenvalue weighted by Crippen LogP contribution is -2.15. The van der Waals surface area contributed by atoms with E-state index in [-0.39, 0.29) is 12.3 Å². The van der Waals surface area contributed by atoms with Gasteiger partial charge in [0.2, 0.25) is 5.91 Å². The normalized spacial score (nSPS) is 10.2. The number of methoxy groups -OCH3 is 2. The monoisotopic (exact) mass is 397 g/mol. The first kappa shape index (κ1) is 19.5. The highest BCUT2D eigenvalue weighted by molar-refractivity contribution is 6.32. The van der Waals surface area contributed by atoms with Crippen LogP contribution < -0.4 is 20.1 Å². The van der Waals surface area contributed by atoms with Gasteiger partial charge in [-0.25, -0.2) is 4.98 Å². The summed E-state index contributed by atoms with van der Waals surface area (Å²) < 4.78 is 10.3. The van der Waals surface area contributed by atoms with Crippen molar-refractivity contribution in [3.63, 3.8) is 0 Å². The Labute approximate surface area is 168 Å². The lowest BCUT2D eigenvalue weighted by molar-refractivity contribution is -0.115. The van der Waals surface area contributed by atoms with Crippen molar-refractivity contribution in [2.24, 2.45) is 0 Å². The lowest BCUT2D eigenvalue weighted by atomic mass is 10.1. The predicted octanol–water partition coefficient (Wildman–Crippen LogP) is 4.68. The molecule has 28 heavy (non-hydrogen) atoms. The van der Waals surface area contributed by atoms with Gasteiger partial charge in [-0.05, 0) is 48.0 Å². The third-order valence-electron chi connectivity index (χ3n) is 4.00. The van der Waals surface area contributed by atoms with Crippen LogP contribution in [0.4, 0.5) is 17.2 Å². The van der Waals surface area contributed by atoms with Crippen LogP contribution in [-0.2, 0) is 11.2 Å². The number of aromatic nitrogens is 1. The number of hydrogen-bond donors (Lipinski definition) is 2. The molecule has 7 heteroatoms. The van der Waals surface area contributed by atoms with Gasteiger partial charge in [-0.1, -0.05) is 23.7 Å². The summed E-state index contributed by atoms with van der Waals surface area (Å²) >= 11 is 6.13. The van der Waals surface area contributed by atoms with E-state index in [1.807, 2.05) is 36.4 Å². The molecular weight excluding hydrogens is 378 g/mol. The van der Waals surface area contributed by atoms with Gasteiger partial charge in [0, 0.05) is 5.69 Å². The molecule has 0 saturated heterocycles. The minimum atomic E-state index is -0.139. The van der Waals surface area contributed by atoms with E-state index in [0.717, 1.165) is 22.7 Å². The van der Waals surface area contributed by atoms with Crippen molar-refractivity contribution in [2.75, 3.05) is 24.9 Å². The van der Waals surface area contributed by atoms with Crippen molar-refractivity contribution in [1.82, 2.24) is 4.98 Å². The predicted molar refractivity (Wildman–Crippen MR) is 111 cm³/mol. The zero-order valence-corrected chi connectivity index (χ0v) is 16.3. The van der Waals surface area contributed by atoms with Crippen LogP contribution in [0.25, 0.3) is 0 Å². The van der Waals surface area contributed by atoms with E-state index in [9.17, 15) is 4.79 Å². The third kappa shape index (κ3) is 5.14. The minimum Gasteiger partial charge on any atom is -0.497 e. The molecule has 0 saturated carbocycles. The molecule has 3 aromatic rings. The summed E-state index contributed by atoms with van der Waals surface area (Å²) in [6.07, 6.45) is 1.90. The van der Waals surface area contributed by atoms with E-state index in [2.05, 4.69) is 15.6 Å². The number of hydrogen-bond acceptors (Lipinski definition) is 5. The van der Waals surface area contributed by atoms with E-state index >= 15 is 0 Å². The van der Waals surface area contributed by atoms with Gasteiger partial charge in [0.25, 0.3) is 0 Å². The number of nitrogens with zero attached hydrogens (tertiary/aromatic N) is 1. The van der Waals surface area contributed by atoms with Gasteiger partial charge in [-0.2, -0.15) is 0 Å². The van der Waals surface area contributed by atoms with Crippen LogP contribution in [0.2, 0.25) is 5.02 Å². The van der Waals surface area contributed by atoms with Crippen molar-refractivity contribution >= 4 is 34.7 Å². The maximum atomic E-state index is 12.2. The number of rotatable bonds is 7. The average Bonchev–Trinajstić information content (AvgIpc) is 2.70. The summed E-state index contributed by atoms with van der Waals surface area (Å²) in [4.78, 5) is 16.5. The van der Waals surface area contributed by atoms with Gasteiger partial charge in [-0.3, -0.25) is 4.79 Å². The Balaban J connectivity index is 1.57. The Hall–Kier alpha value is -3.25. The van der Waals surface area contributed by atoms with E-state index < -0.39 is 0 Å². The second-order valence-corrected chi connectivity index (χ2v) is 6.39. The van der Waals surface area contributed by atoms with Crippen LogP contribution in [0.15, 0.2) is 60.8 Å². The van der Waals surface area contributed by atoms with E-state index in [0.29, 0.717) is 16.6 Å². The zero-order chi connectivity index (χ0) is 19.9. The molecule has 3 rings (SSSR count). The van der Waals surface area contributed by atoms with Crippen molar-refractivity contribution < 1.29 is 14.3 Å². The molecule has 0 aliphatic carbocycles. The number of halogens is 1. The van der Waals surface area contributed by atoms with Crippen LogP contribution in [-0.4, -0.2) is 25.1 Å². The SMILES string of the molecule is COc1ccc(CC(=O)Nc2ccc(Nc3ccc(OC)c(Cl)c3)cn2)cc1. The average molecular weight is 398 g/mol. The molecule has 1 amide bonds. The number of benzene rings is 2. The van der Waals surface area contributed by atoms with Crippen LogP contribution in [0.1, 0.15) is 5.56 Å². The number of pyridine rings is 1. The standard InChI is InChI=1S/C21H20ClN3O3/c1-27-17-7-3-14(4-8-17)11-21(26)25-20-10-6-16(13-23-20)24-15-5-9-19(28-2)18(22)12-15/h3-10,12-13,24H,11H2,1-2H3,(H,23,25,26). The molecule has 2 aromatic carbocycles. The van der Waals surface area contributed by atoms with Gasteiger partial charge >= 0.3 is 0 Å². The van der Waals surface area contributed by atoms with Crippen molar-refractivity contribution in [3.8, 4) is 11.5 Å². The first-order valence-electron chi connectivity index (χ1n) is 8.57. The molecule has 144 valence electrons. The maximum Gasteiger partial charge on any atom is 0.229 e. The summed E-state index contributed by atoms with van der Waals surface area (Å²) in [6.45, 7) is 0. The Morgan fingerprint density at radius 1 is 1.00 bits per heavy atom. The van der Waals surface area contributed by atoms with Gasteiger partial charge in [0.1, 0.15) is 17.3 Å². The summed E-state index contributed by atoms with van der Waals surface area (Å²) in [6, 6.07) is 16.3. The zero-order valence-electron chi connectivity index (χ0n) is 15.5. The largest absolute Gasteiger partial charge is 0.497 e. The fourth-order valence-electron chi connectivity index (χ4n) is 2.57. The molecule has 0 spiro atoms. The Morgan fingerprint density at radius 3 is 2.36 bits per heavy atom. The molecule has 0 aliphatic rings. The summed E-state index contributed by atoms with van der Waals surface area (Å²) in [5.74, 6) is 1.71. The molecule has 0 fully saturated rings. The first-order valence-corrected chi connectivity index (χ1v) is 8.94. The quantitative estimate of drug-likeness (QED) is 0.605. The number of carbonyl (C=O) groups excluding carboxylic acids is 1. The van der Waals surface area contributed by atoms with Crippen molar-refractivity contribution in [2.45, 2.75) is 6.42 Å². The Bertz CT molecular complexity index is 944. The van der Waals surface area contributed by atoms with Gasteiger partial charge in [0.15, 0.2) is 0 Å². The summed E-state index contributed by atoms with van der Waals surface area (Å²) in [5, 5.41) is 6.50. The Kier molecular flexibility index (Phi) is 6.34. The molecule has 0 aliphatic heterocycles. The fourth-order valence-corrected chi connectivity index (χ4v) is 2.83. The summed E-state index contributed by atoms with van der Waals surface area (Å²) in [7, 11) is 3.18. The number of carbonyl (C=O) groups is 1.